The van der Waals surface area contributed by atoms with Gasteiger partial charge in [-0.2, -0.15) is 0 Å². The molecule has 0 aliphatic carbocycles. The smallest absolute Gasteiger partial charge is 0.337 e. The van der Waals surface area contributed by atoms with Gasteiger partial charge in [-0.25, -0.2) is 9.18 Å². The highest BCUT2D eigenvalue weighted by Crippen LogP contribution is 2.11. The molecule has 0 saturated carbocycles. The zero-order chi connectivity index (χ0) is 20.5. The molecule has 0 bridgehead atoms. The van der Waals surface area contributed by atoms with Crippen LogP contribution in [-0.2, 0) is 20.7 Å². The van der Waals surface area contributed by atoms with Gasteiger partial charge in [-0.15, -0.1) is 0 Å². The zero-order valence-corrected chi connectivity index (χ0v) is 15.9. The Morgan fingerprint density at radius 3 is 2.21 bits per heavy atom. The van der Waals surface area contributed by atoms with E-state index in [9.17, 15) is 18.8 Å². The number of hydrogen-bond donors (Lipinski definition) is 1. The average Bonchev–Trinajstić information content (AvgIpc) is 2.69. The highest BCUT2D eigenvalue weighted by atomic mass is 19.1. The van der Waals surface area contributed by atoms with E-state index in [0.29, 0.717) is 24.2 Å². The van der Waals surface area contributed by atoms with Crippen LogP contribution in [0.4, 0.5) is 10.1 Å². The molecule has 0 aliphatic rings. The SMILES string of the molecule is COC(=O)c1ccc(NC(=O)CCN(CCc2ccc(F)cc2)C(C)=O)cc1. The van der Waals surface area contributed by atoms with Crippen LogP contribution >= 0.6 is 0 Å². The first-order chi connectivity index (χ1) is 13.4. The van der Waals surface area contributed by atoms with Crippen LogP contribution < -0.4 is 5.32 Å². The van der Waals surface area contributed by atoms with Crippen LogP contribution in [0.1, 0.15) is 29.3 Å². The highest BCUT2D eigenvalue weighted by molar-refractivity contribution is 5.93. The fourth-order valence-electron chi connectivity index (χ4n) is 2.61. The number of anilines is 1. The van der Waals surface area contributed by atoms with Crippen molar-refractivity contribution in [3.05, 3.63) is 65.5 Å². The second-order valence-corrected chi connectivity index (χ2v) is 6.25. The fourth-order valence-corrected chi connectivity index (χ4v) is 2.61. The minimum absolute atomic E-state index is 0.127. The van der Waals surface area contributed by atoms with E-state index < -0.39 is 5.97 Å². The minimum Gasteiger partial charge on any atom is -0.465 e. The summed E-state index contributed by atoms with van der Waals surface area (Å²) in [5.74, 6) is -1.12. The number of halogens is 1. The number of rotatable bonds is 8. The molecule has 6 nitrogen and oxygen atoms in total. The summed E-state index contributed by atoms with van der Waals surface area (Å²) in [5, 5.41) is 2.73. The third-order valence-electron chi connectivity index (χ3n) is 4.23. The molecule has 0 aromatic heterocycles. The summed E-state index contributed by atoms with van der Waals surface area (Å²) in [6, 6.07) is 12.5. The monoisotopic (exact) mass is 386 g/mol. The Kier molecular flexibility index (Phi) is 7.68. The molecule has 0 fully saturated rings. The third kappa shape index (κ3) is 6.50. The number of esters is 1. The summed E-state index contributed by atoms with van der Waals surface area (Å²) < 4.78 is 17.6. The molecule has 148 valence electrons. The molecule has 2 aromatic rings. The molecule has 28 heavy (non-hydrogen) atoms. The van der Waals surface area contributed by atoms with Crippen molar-refractivity contribution in [2.45, 2.75) is 19.8 Å². The second kappa shape index (κ2) is 10.2. The quantitative estimate of drug-likeness (QED) is 0.708. The van der Waals surface area contributed by atoms with E-state index in [-0.39, 0.29) is 30.6 Å². The van der Waals surface area contributed by atoms with Crippen LogP contribution in [0.15, 0.2) is 48.5 Å². The van der Waals surface area contributed by atoms with Gasteiger partial charge >= 0.3 is 5.97 Å². The lowest BCUT2D eigenvalue weighted by Gasteiger charge is -2.21. The zero-order valence-electron chi connectivity index (χ0n) is 15.9. The molecular weight excluding hydrogens is 363 g/mol. The number of benzene rings is 2. The molecule has 2 aromatic carbocycles. The van der Waals surface area contributed by atoms with Gasteiger partial charge in [0, 0.05) is 32.1 Å². The van der Waals surface area contributed by atoms with Crippen molar-refractivity contribution < 1.29 is 23.5 Å². The largest absolute Gasteiger partial charge is 0.465 e. The van der Waals surface area contributed by atoms with Crippen LogP contribution in [0, 0.1) is 5.82 Å². The van der Waals surface area contributed by atoms with Crippen molar-refractivity contribution in [1.29, 1.82) is 0 Å². The maximum absolute atomic E-state index is 13.0. The predicted octanol–water partition coefficient (Wildman–Crippen LogP) is 3.03. The topological polar surface area (TPSA) is 75.7 Å². The van der Waals surface area contributed by atoms with Crippen molar-refractivity contribution in [3.8, 4) is 0 Å². The van der Waals surface area contributed by atoms with Crippen LogP contribution in [0.3, 0.4) is 0 Å². The number of nitrogens with one attached hydrogen (secondary N) is 1. The first-order valence-electron chi connectivity index (χ1n) is 8.87. The van der Waals surface area contributed by atoms with Crippen LogP contribution in [0.25, 0.3) is 0 Å². The van der Waals surface area contributed by atoms with Gasteiger partial charge in [-0.05, 0) is 48.4 Å². The van der Waals surface area contributed by atoms with Crippen LogP contribution in [0.5, 0.6) is 0 Å². The van der Waals surface area contributed by atoms with Crippen molar-refractivity contribution in [1.82, 2.24) is 4.90 Å². The van der Waals surface area contributed by atoms with Crippen LogP contribution in [-0.4, -0.2) is 42.9 Å². The first kappa shape index (κ1) is 21.1. The first-order valence-corrected chi connectivity index (χ1v) is 8.87. The summed E-state index contributed by atoms with van der Waals surface area (Å²) in [5.41, 5.74) is 1.87. The number of carbonyl (C=O) groups excluding carboxylic acids is 3. The number of hydrogen-bond acceptors (Lipinski definition) is 4. The van der Waals surface area contributed by atoms with Gasteiger partial charge in [-0.1, -0.05) is 12.1 Å². The van der Waals surface area contributed by atoms with Gasteiger partial charge in [0.05, 0.1) is 12.7 Å². The molecule has 2 rings (SSSR count). The summed E-state index contributed by atoms with van der Waals surface area (Å²) >= 11 is 0. The predicted molar refractivity (Wildman–Crippen MR) is 103 cm³/mol. The Balaban J connectivity index is 1.83. The average molecular weight is 386 g/mol. The van der Waals surface area contributed by atoms with Crippen LogP contribution in [0.2, 0.25) is 0 Å². The number of ether oxygens (including phenoxy) is 1. The number of carbonyl (C=O) groups is 3. The van der Waals surface area contributed by atoms with E-state index in [1.807, 2.05) is 0 Å². The van der Waals surface area contributed by atoms with E-state index in [0.717, 1.165) is 5.56 Å². The Labute approximate surface area is 163 Å². The molecule has 0 heterocycles. The second-order valence-electron chi connectivity index (χ2n) is 6.25. The Morgan fingerprint density at radius 1 is 1.00 bits per heavy atom. The maximum Gasteiger partial charge on any atom is 0.337 e. The van der Waals surface area contributed by atoms with E-state index in [2.05, 4.69) is 10.1 Å². The molecule has 0 aliphatic heterocycles. The lowest BCUT2D eigenvalue weighted by atomic mass is 10.1. The van der Waals surface area contributed by atoms with Crippen molar-refractivity contribution in [2.75, 3.05) is 25.5 Å². The lowest BCUT2D eigenvalue weighted by Crippen LogP contribution is -2.33. The van der Waals surface area contributed by atoms with Gasteiger partial charge in [0.2, 0.25) is 11.8 Å². The van der Waals surface area contributed by atoms with E-state index in [1.165, 1.54) is 26.2 Å². The standard InChI is InChI=1S/C21H23FN2O4/c1-15(25)24(13-11-16-3-7-18(22)8-4-16)14-12-20(26)23-19-9-5-17(6-10-19)21(27)28-2/h3-10H,11-14H2,1-2H3,(H,23,26). The molecule has 7 heteroatoms. The Hall–Kier alpha value is -3.22. The molecule has 1 N–H and O–H groups in total. The molecule has 2 amide bonds. The number of nitrogens with zero attached hydrogens (tertiary/aromatic N) is 1. The van der Waals surface area contributed by atoms with Gasteiger partial charge in [-0.3, -0.25) is 9.59 Å². The summed E-state index contributed by atoms with van der Waals surface area (Å²) in [7, 11) is 1.30. The number of amides is 2. The van der Waals surface area contributed by atoms with Gasteiger partial charge in [0.25, 0.3) is 0 Å². The van der Waals surface area contributed by atoms with Gasteiger partial charge in [0.1, 0.15) is 5.82 Å². The Bertz CT molecular complexity index is 819. The van der Waals surface area contributed by atoms with Gasteiger partial charge < -0.3 is 15.0 Å². The molecule has 0 spiro atoms. The fraction of sp³-hybridized carbons (Fsp3) is 0.286. The highest BCUT2D eigenvalue weighted by Gasteiger charge is 2.12. The Morgan fingerprint density at radius 2 is 1.64 bits per heavy atom. The maximum atomic E-state index is 13.0. The van der Waals surface area contributed by atoms with E-state index >= 15 is 0 Å². The van der Waals surface area contributed by atoms with Crippen molar-refractivity contribution >= 4 is 23.5 Å². The number of methoxy groups -OCH3 is 1. The van der Waals surface area contributed by atoms with Crippen molar-refractivity contribution in [2.24, 2.45) is 0 Å². The lowest BCUT2D eigenvalue weighted by molar-refractivity contribution is -0.129. The molecule has 0 radical (unpaired) electrons. The normalized spacial score (nSPS) is 10.2. The minimum atomic E-state index is -0.448. The molecule has 0 unspecified atom stereocenters. The summed E-state index contributed by atoms with van der Waals surface area (Å²) in [6.45, 7) is 2.18. The molecule has 0 atom stereocenters. The molecular formula is C21H23FN2O4. The summed E-state index contributed by atoms with van der Waals surface area (Å²) in [6.07, 6.45) is 0.720. The van der Waals surface area contributed by atoms with Gasteiger partial charge in [0.15, 0.2) is 0 Å². The van der Waals surface area contributed by atoms with E-state index in [4.69, 9.17) is 0 Å². The van der Waals surface area contributed by atoms with E-state index in [1.54, 1.807) is 41.3 Å². The van der Waals surface area contributed by atoms with Crippen molar-refractivity contribution in [3.63, 3.8) is 0 Å². The molecule has 0 saturated heterocycles. The third-order valence-corrected chi connectivity index (χ3v) is 4.23. The summed E-state index contributed by atoms with van der Waals surface area (Å²) in [4.78, 5) is 36.9.